The first kappa shape index (κ1) is 7.53. The van der Waals surface area contributed by atoms with Crippen molar-refractivity contribution in [3.8, 4) is 0 Å². The number of nitrogens with zero attached hydrogens (tertiary/aromatic N) is 1. The van der Waals surface area contributed by atoms with E-state index in [4.69, 9.17) is 21.7 Å². The Hall–Kier alpha value is -2.11. The normalized spacial score (nSPS) is 10.8. The number of nitrogens with two attached hydrogens (primary N) is 3. The Labute approximate surface area is 73.1 Å². The Kier molecular flexibility index (Phi) is 1.27. The van der Waals surface area contributed by atoms with Crippen LogP contribution < -0.4 is 22.1 Å². The van der Waals surface area contributed by atoms with Gasteiger partial charge in [-0.2, -0.15) is 0 Å². The zero-order chi connectivity index (χ0) is 9.59. The maximum Gasteiger partial charge on any atom is 0.324 e. The molecule has 6 nitrogen and oxygen atoms in total. The van der Waals surface area contributed by atoms with Crippen molar-refractivity contribution < 1.29 is 9.43 Å². The number of rotatable bonds is 0. The number of aromatic nitrogens is 1. The van der Waals surface area contributed by atoms with E-state index < -0.39 is 0 Å². The van der Waals surface area contributed by atoms with Gasteiger partial charge in [-0.05, 0) is 17.0 Å². The summed E-state index contributed by atoms with van der Waals surface area (Å²) >= 11 is 0. The van der Waals surface area contributed by atoms with Crippen molar-refractivity contribution >= 4 is 28.2 Å². The van der Waals surface area contributed by atoms with Crippen LogP contribution in [0, 0.1) is 5.21 Å². The van der Waals surface area contributed by atoms with Gasteiger partial charge in [0.2, 0.25) is 0 Å². The monoisotopic (exact) mass is 180 g/mol. The molecule has 13 heavy (non-hydrogen) atoms. The molecular weight excluding hydrogens is 172 g/mol. The first-order chi connectivity index (χ1) is 6.11. The zero-order valence-corrected chi connectivity index (χ0v) is 6.65. The van der Waals surface area contributed by atoms with Crippen LogP contribution in [0.1, 0.15) is 0 Å². The van der Waals surface area contributed by atoms with Crippen LogP contribution in [0.5, 0.6) is 0 Å². The largest absolute Gasteiger partial charge is 0.439 e. The number of benzene rings is 1. The lowest BCUT2D eigenvalue weighted by Gasteiger charge is -1.98. The molecule has 6 heteroatoms. The van der Waals surface area contributed by atoms with E-state index in [0.29, 0.717) is 16.7 Å². The van der Waals surface area contributed by atoms with Crippen LogP contribution >= 0.6 is 0 Å². The van der Waals surface area contributed by atoms with Gasteiger partial charge in [0.05, 0.1) is 17.0 Å². The molecule has 0 aliphatic carbocycles. The molecule has 68 valence electrons. The summed E-state index contributed by atoms with van der Waals surface area (Å²) in [4.78, 5) is 0.209. The van der Waals surface area contributed by atoms with Gasteiger partial charge < -0.3 is 21.2 Å². The van der Waals surface area contributed by atoms with Crippen LogP contribution in [0.15, 0.2) is 16.7 Å². The highest BCUT2D eigenvalue weighted by molar-refractivity contribution is 6.00. The molecule has 0 aliphatic heterocycles. The molecule has 6 N–H and O–H groups in total. The van der Waals surface area contributed by atoms with E-state index in [2.05, 4.69) is 0 Å². The van der Waals surface area contributed by atoms with Gasteiger partial charge in [0.15, 0.2) is 0 Å². The molecule has 1 heterocycles. The van der Waals surface area contributed by atoms with Gasteiger partial charge in [0.1, 0.15) is 5.39 Å². The molecule has 0 atom stereocenters. The summed E-state index contributed by atoms with van der Waals surface area (Å²) in [6.45, 7) is 0. The highest BCUT2D eigenvalue weighted by Gasteiger charge is 2.14. The number of hydrogen-bond donors (Lipinski definition) is 3. The van der Waals surface area contributed by atoms with E-state index in [1.54, 1.807) is 12.1 Å². The summed E-state index contributed by atoms with van der Waals surface area (Å²) in [5, 5.41) is 11.3. The minimum atomic E-state index is -0.0696. The lowest BCUT2D eigenvalue weighted by atomic mass is 10.2. The molecule has 0 spiro atoms. The Morgan fingerprint density at radius 3 is 2.62 bits per heavy atom. The van der Waals surface area contributed by atoms with Crippen molar-refractivity contribution in [3.63, 3.8) is 0 Å². The minimum absolute atomic E-state index is 0.0696. The zero-order valence-electron chi connectivity index (χ0n) is 6.65. The van der Waals surface area contributed by atoms with Crippen LogP contribution in [0.2, 0.25) is 0 Å². The number of nitrogen functional groups attached to an aromatic ring is 3. The molecule has 0 aliphatic rings. The summed E-state index contributed by atoms with van der Waals surface area (Å²) in [7, 11) is 0. The van der Waals surface area contributed by atoms with Crippen LogP contribution in [-0.4, -0.2) is 0 Å². The second kappa shape index (κ2) is 2.19. The van der Waals surface area contributed by atoms with E-state index in [9.17, 15) is 5.21 Å². The lowest BCUT2D eigenvalue weighted by molar-refractivity contribution is -0.776. The molecular formula is C7H8N4O2. The number of anilines is 3. The topological polar surface area (TPSA) is 118 Å². The average molecular weight is 180 g/mol. The molecule has 0 saturated heterocycles. The van der Waals surface area contributed by atoms with Crippen molar-refractivity contribution in [3.05, 3.63) is 17.3 Å². The van der Waals surface area contributed by atoms with Gasteiger partial charge in [0, 0.05) is 0 Å². The molecule has 1 aromatic heterocycles. The number of fused-ring (bicyclic) bond motifs is 1. The second-order valence-electron chi connectivity index (χ2n) is 2.68. The van der Waals surface area contributed by atoms with E-state index in [0.717, 1.165) is 0 Å². The fourth-order valence-electron chi connectivity index (χ4n) is 1.19. The standard InChI is InChI=1S/C7H8N4O2/c8-3-1-2-4-5(6(3)9)7(10)11(12)13-4/h1-2H,8-10H2. The molecule has 0 unspecified atom stereocenters. The Balaban J connectivity index is 2.97. The molecule has 2 aromatic rings. The molecule has 0 fully saturated rings. The van der Waals surface area contributed by atoms with Crippen LogP contribution in [0.4, 0.5) is 17.2 Å². The van der Waals surface area contributed by atoms with Crippen LogP contribution in [0.3, 0.4) is 0 Å². The molecule has 0 amide bonds. The second-order valence-corrected chi connectivity index (χ2v) is 2.68. The van der Waals surface area contributed by atoms with E-state index in [1.165, 1.54) is 0 Å². The van der Waals surface area contributed by atoms with Gasteiger partial charge in [-0.3, -0.25) is 5.73 Å². The Bertz CT molecular complexity index is 477. The third-order valence-electron chi connectivity index (χ3n) is 1.88. The first-order valence-electron chi connectivity index (χ1n) is 3.57. The summed E-state index contributed by atoms with van der Waals surface area (Å²) in [5.41, 5.74) is 17.6. The van der Waals surface area contributed by atoms with Gasteiger partial charge in [-0.15, -0.1) is 0 Å². The average Bonchev–Trinajstić information content (AvgIpc) is 2.37. The van der Waals surface area contributed by atoms with Crippen molar-refractivity contribution in [2.24, 2.45) is 0 Å². The van der Waals surface area contributed by atoms with Crippen LogP contribution in [-0.2, 0) is 0 Å². The van der Waals surface area contributed by atoms with Crippen molar-refractivity contribution in [1.29, 1.82) is 0 Å². The first-order valence-corrected chi connectivity index (χ1v) is 3.57. The third-order valence-corrected chi connectivity index (χ3v) is 1.88. The van der Waals surface area contributed by atoms with Gasteiger partial charge >= 0.3 is 5.82 Å². The predicted octanol–water partition coefficient (Wildman–Crippen LogP) is -0.187. The van der Waals surface area contributed by atoms with E-state index in [-0.39, 0.29) is 16.4 Å². The minimum Gasteiger partial charge on any atom is -0.439 e. The molecule has 0 saturated carbocycles. The van der Waals surface area contributed by atoms with Gasteiger partial charge in [-0.1, -0.05) is 0 Å². The van der Waals surface area contributed by atoms with Crippen molar-refractivity contribution in [2.45, 2.75) is 0 Å². The maximum absolute atomic E-state index is 10.9. The summed E-state index contributed by atoms with van der Waals surface area (Å²) < 4.78 is 4.74. The lowest BCUT2D eigenvalue weighted by Crippen LogP contribution is -2.26. The predicted molar refractivity (Wildman–Crippen MR) is 48.4 cm³/mol. The SMILES string of the molecule is Nc1ccc2o[n+]([O-])c(N)c2c1N. The van der Waals surface area contributed by atoms with Crippen molar-refractivity contribution in [2.75, 3.05) is 17.2 Å². The van der Waals surface area contributed by atoms with Gasteiger partial charge in [0.25, 0.3) is 0 Å². The van der Waals surface area contributed by atoms with Crippen LogP contribution in [0.25, 0.3) is 11.0 Å². The highest BCUT2D eigenvalue weighted by Crippen LogP contribution is 2.29. The maximum atomic E-state index is 10.9. The Morgan fingerprint density at radius 1 is 1.23 bits per heavy atom. The Morgan fingerprint density at radius 2 is 1.92 bits per heavy atom. The summed E-state index contributed by atoms with van der Waals surface area (Å²) in [6, 6.07) is 3.10. The fraction of sp³-hybridized carbons (Fsp3) is 0. The van der Waals surface area contributed by atoms with E-state index in [1.807, 2.05) is 0 Å². The molecule has 2 rings (SSSR count). The van der Waals surface area contributed by atoms with Gasteiger partial charge in [-0.25, -0.2) is 0 Å². The molecule has 0 radical (unpaired) electrons. The summed E-state index contributed by atoms with van der Waals surface area (Å²) in [6.07, 6.45) is 0. The fourth-order valence-corrected chi connectivity index (χ4v) is 1.19. The molecule has 1 aromatic carbocycles. The quantitative estimate of drug-likeness (QED) is 0.383. The van der Waals surface area contributed by atoms with Crippen molar-refractivity contribution in [1.82, 2.24) is 0 Å². The molecule has 0 bridgehead atoms. The number of hydrogen-bond acceptors (Lipinski definition) is 5. The third kappa shape index (κ3) is 0.851. The van der Waals surface area contributed by atoms with E-state index >= 15 is 0 Å². The summed E-state index contributed by atoms with van der Waals surface area (Å²) in [5.74, 6) is -0.0696. The highest BCUT2D eigenvalue weighted by atomic mass is 16.7. The smallest absolute Gasteiger partial charge is 0.324 e.